The van der Waals surface area contributed by atoms with Crippen LogP contribution in [0.5, 0.6) is 5.75 Å². The summed E-state index contributed by atoms with van der Waals surface area (Å²) in [7, 11) is 0. The highest BCUT2D eigenvalue weighted by atomic mass is 16.5. The molecular formula is C24H29N3O4. The lowest BCUT2D eigenvalue weighted by Gasteiger charge is -2.26. The Morgan fingerprint density at radius 1 is 1.00 bits per heavy atom. The number of nitrogens with zero attached hydrogens (tertiary/aromatic N) is 2. The van der Waals surface area contributed by atoms with Crippen LogP contribution in [-0.4, -0.2) is 40.5 Å². The number of pyridine rings is 1. The van der Waals surface area contributed by atoms with Gasteiger partial charge in [-0.1, -0.05) is 17.7 Å². The molecule has 0 spiro atoms. The van der Waals surface area contributed by atoms with Gasteiger partial charge in [0.2, 0.25) is 11.8 Å². The Kier molecular flexibility index (Phi) is 6.23. The van der Waals surface area contributed by atoms with Crippen LogP contribution < -0.4 is 15.6 Å². The minimum absolute atomic E-state index is 0.154. The van der Waals surface area contributed by atoms with Gasteiger partial charge >= 0.3 is 0 Å². The van der Waals surface area contributed by atoms with E-state index in [0.29, 0.717) is 12.1 Å². The third-order valence-electron chi connectivity index (χ3n) is 5.96. The molecule has 0 atom stereocenters. The van der Waals surface area contributed by atoms with Crippen LogP contribution in [0.4, 0.5) is 0 Å². The fourth-order valence-electron chi connectivity index (χ4n) is 4.35. The van der Waals surface area contributed by atoms with Gasteiger partial charge in [-0.05, 0) is 57.0 Å². The summed E-state index contributed by atoms with van der Waals surface area (Å²) in [6, 6.07) is 7.49. The van der Waals surface area contributed by atoms with Crippen molar-refractivity contribution in [3.05, 3.63) is 63.1 Å². The fourth-order valence-corrected chi connectivity index (χ4v) is 4.35. The standard InChI is InChI=1S/C24H29N3O4/c1-16-11-17(2)24(31-20-5-8-25-9-6-20)19(12-16)15-26-10-7-18(13-23(26)30)14-27-21(28)3-4-22(27)29/h7,10-13,20,25H,3-6,8-9,14-15H2,1-2H3. The van der Waals surface area contributed by atoms with Gasteiger partial charge in [0.1, 0.15) is 11.9 Å². The molecule has 0 saturated carbocycles. The highest BCUT2D eigenvalue weighted by Crippen LogP contribution is 2.28. The van der Waals surface area contributed by atoms with Gasteiger partial charge in [0.25, 0.3) is 5.56 Å². The zero-order chi connectivity index (χ0) is 22.0. The average Bonchev–Trinajstić information content (AvgIpc) is 3.05. The number of amides is 2. The normalized spacial score (nSPS) is 17.4. The molecule has 2 saturated heterocycles. The molecule has 7 nitrogen and oxygen atoms in total. The van der Waals surface area contributed by atoms with Gasteiger partial charge < -0.3 is 14.6 Å². The molecule has 2 fully saturated rings. The first-order valence-corrected chi connectivity index (χ1v) is 10.9. The van der Waals surface area contributed by atoms with Gasteiger partial charge in [-0.25, -0.2) is 0 Å². The number of carbonyl (C=O) groups excluding carboxylic acids is 2. The molecule has 31 heavy (non-hydrogen) atoms. The molecule has 2 aromatic rings. The topological polar surface area (TPSA) is 80.6 Å². The zero-order valence-corrected chi connectivity index (χ0v) is 18.1. The second-order valence-corrected chi connectivity index (χ2v) is 8.51. The molecule has 164 valence electrons. The largest absolute Gasteiger partial charge is 0.490 e. The van der Waals surface area contributed by atoms with Gasteiger partial charge in [0, 0.05) is 30.7 Å². The summed E-state index contributed by atoms with van der Waals surface area (Å²) in [5, 5.41) is 3.35. The van der Waals surface area contributed by atoms with Gasteiger partial charge in [0.05, 0.1) is 13.1 Å². The SMILES string of the molecule is Cc1cc(C)c(OC2CCNCC2)c(Cn2ccc(CN3C(=O)CCC3=O)cc2=O)c1. The number of aryl methyl sites for hydroxylation is 2. The second kappa shape index (κ2) is 9.06. The monoisotopic (exact) mass is 423 g/mol. The van der Waals surface area contributed by atoms with Crippen molar-refractivity contribution in [2.45, 2.75) is 58.7 Å². The quantitative estimate of drug-likeness (QED) is 0.721. The van der Waals surface area contributed by atoms with Crippen LogP contribution in [-0.2, 0) is 22.7 Å². The van der Waals surface area contributed by atoms with E-state index in [1.807, 2.05) is 13.8 Å². The van der Waals surface area contributed by atoms with E-state index in [2.05, 4.69) is 17.4 Å². The number of imide groups is 1. The number of aromatic nitrogens is 1. The molecule has 2 amide bonds. The lowest BCUT2D eigenvalue weighted by atomic mass is 10.0. The van der Waals surface area contributed by atoms with Gasteiger partial charge in [-0.15, -0.1) is 0 Å². The number of rotatable bonds is 6. The van der Waals surface area contributed by atoms with Crippen LogP contribution in [0.15, 0.2) is 35.3 Å². The van der Waals surface area contributed by atoms with Crippen LogP contribution in [0.3, 0.4) is 0 Å². The Labute approximate surface area is 182 Å². The van der Waals surface area contributed by atoms with Gasteiger partial charge in [-0.3, -0.25) is 19.3 Å². The molecule has 4 rings (SSSR count). The number of hydrogen-bond acceptors (Lipinski definition) is 5. The highest BCUT2D eigenvalue weighted by molar-refractivity contribution is 6.01. The average molecular weight is 424 g/mol. The summed E-state index contributed by atoms with van der Waals surface area (Å²) in [5.74, 6) is 0.509. The Balaban J connectivity index is 1.55. The van der Waals surface area contributed by atoms with E-state index in [1.54, 1.807) is 16.8 Å². The number of piperidine rings is 1. The van der Waals surface area contributed by atoms with Crippen LogP contribution >= 0.6 is 0 Å². The number of nitrogens with one attached hydrogen (secondary N) is 1. The number of carbonyl (C=O) groups is 2. The van der Waals surface area contributed by atoms with E-state index in [1.165, 1.54) is 11.0 Å². The first-order chi connectivity index (χ1) is 14.9. The van der Waals surface area contributed by atoms with Crippen molar-refractivity contribution in [3.63, 3.8) is 0 Å². The number of likely N-dealkylation sites (tertiary alicyclic amines) is 1. The summed E-state index contributed by atoms with van der Waals surface area (Å²) in [6.07, 6.45) is 4.35. The minimum atomic E-state index is -0.177. The second-order valence-electron chi connectivity index (χ2n) is 8.51. The molecule has 2 aliphatic rings. The third-order valence-corrected chi connectivity index (χ3v) is 5.96. The van der Waals surface area contributed by atoms with E-state index < -0.39 is 0 Å². The summed E-state index contributed by atoms with van der Waals surface area (Å²) in [4.78, 5) is 37.7. The van der Waals surface area contributed by atoms with Crippen molar-refractivity contribution < 1.29 is 14.3 Å². The van der Waals surface area contributed by atoms with Crippen molar-refractivity contribution in [1.82, 2.24) is 14.8 Å². The Morgan fingerprint density at radius 3 is 2.39 bits per heavy atom. The summed E-state index contributed by atoms with van der Waals surface area (Å²) < 4.78 is 8.02. The third kappa shape index (κ3) is 4.88. The lowest BCUT2D eigenvalue weighted by Crippen LogP contribution is -2.34. The number of ether oxygens (including phenoxy) is 1. The summed E-state index contributed by atoms with van der Waals surface area (Å²) in [5.41, 5.74) is 3.68. The van der Waals surface area contributed by atoms with Crippen LogP contribution in [0.25, 0.3) is 0 Å². The molecular weight excluding hydrogens is 394 g/mol. The highest BCUT2D eigenvalue weighted by Gasteiger charge is 2.28. The van der Waals surface area contributed by atoms with Crippen LogP contribution in [0.1, 0.15) is 47.9 Å². The van der Waals surface area contributed by atoms with Crippen molar-refractivity contribution in [2.24, 2.45) is 0 Å². The molecule has 3 heterocycles. The summed E-state index contributed by atoms with van der Waals surface area (Å²) >= 11 is 0. The van der Waals surface area contributed by atoms with E-state index in [4.69, 9.17) is 4.74 Å². The molecule has 0 radical (unpaired) electrons. The smallest absolute Gasteiger partial charge is 0.251 e. The first-order valence-electron chi connectivity index (χ1n) is 10.9. The van der Waals surface area contributed by atoms with E-state index >= 15 is 0 Å². The zero-order valence-electron chi connectivity index (χ0n) is 18.1. The molecule has 1 aromatic carbocycles. The maximum Gasteiger partial charge on any atom is 0.251 e. The molecule has 0 bridgehead atoms. The summed E-state index contributed by atoms with van der Waals surface area (Å²) in [6.45, 7) is 6.55. The van der Waals surface area contributed by atoms with Gasteiger partial charge in [0.15, 0.2) is 0 Å². The van der Waals surface area contributed by atoms with E-state index in [-0.39, 0.29) is 42.9 Å². The minimum Gasteiger partial charge on any atom is -0.490 e. The predicted molar refractivity (Wildman–Crippen MR) is 117 cm³/mol. The van der Waals surface area contributed by atoms with Crippen molar-refractivity contribution >= 4 is 11.8 Å². The number of hydrogen-bond donors (Lipinski definition) is 1. The van der Waals surface area contributed by atoms with E-state index in [9.17, 15) is 14.4 Å². The molecule has 2 aliphatic heterocycles. The first kappa shape index (κ1) is 21.3. The van der Waals surface area contributed by atoms with Crippen molar-refractivity contribution in [2.75, 3.05) is 13.1 Å². The van der Waals surface area contributed by atoms with E-state index in [0.717, 1.165) is 48.4 Å². The number of benzene rings is 1. The maximum atomic E-state index is 12.8. The predicted octanol–water partition coefficient (Wildman–Crippen LogP) is 2.29. The Bertz CT molecular complexity index is 1040. The van der Waals surface area contributed by atoms with Crippen molar-refractivity contribution in [1.29, 1.82) is 0 Å². The van der Waals surface area contributed by atoms with Gasteiger partial charge in [-0.2, -0.15) is 0 Å². The lowest BCUT2D eigenvalue weighted by molar-refractivity contribution is -0.139. The molecule has 1 aromatic heterocycles. The maximum absolute atomic E-state index is 12.8. The van der Waals surface area contributed by atoms with Crippen molar-refractivity contribution in [3.8, 4) is 5.75 Å². The van der Waals surface area contributed by atoms with Crippen LogP contribution in [0.2, 0.25) is 0 Å². The fraction of sp³-hybridized carbons (Fsp3) is 0.458. The molecule has 0 unspecified atom stereocenters. The molecule has 1 N–H and O–H groups in total. The molecule has 7 heteroatoms. The Morgan fingerprint density at radius 2 is 1.71 bits per heavy atom. The Hall–Kier alpha value is -2.93. The molecule has 0 aliphatic carbocycles. The van der Waals surface area contributed by atoms with Crippen LogP contribution in [0, 0.1) is 13.8 Å².